The molecule has 0 unspecified atom stereocenters. The van der Waals surface area contributed by atoms with Crippen LogP contribution in [0.4, 0.5) is 16.0 Å². The van der Waals surface area contributed by atoms with E-state index in [2.05, 4.69) is 10.3 Å². The van der Waals surface area contributed by atoms with Crippen LogP contribution in [0, 0.1) is 17.3 Å². The fraction of sp³-hybridized carbons (Fsp3) is 0.222. The smallest absolute Gasteiger partial charge is 0.358 e. The molecule has 6 nitrogen and oxygen atoms in total. The van der Waals surface area contributed by atoms with E-state index in [1.807, 2.05) is 36.9 Å². The van der Waals surface area contributed by atoms with Crippen LogP contribution in [-0.2, 0) is 17.8 Å². The third-order valence-corrected chi connectivity index (χ3v) is 6.82. The van der Waals surface area contributed by atoms with Crippen molar-refractivity contribution in [1.29, 1.82) is 0 Å². The molecule has 2 aromatic carbocycles. The molecule has 184 valence electrons. The van der Waals surface area contributed by atoms with Gasteiger partial charge in [0.15, 0.2) is 11.6 Å². The molecule has 1 atom stereocenters. The Hall–Kier alpha value is -3.49. The number of aromatic nitrogens is 1. The number of rotatable bonds is 5. The number of pyridine rings is 1. The van der Waals surface area contributed by atoms with Crippen molar-refractivity contribution < 1.29 is 18.3 Å². The lowest BCUT2D eigenvalue weighted by Crippen LogP contribution is -2.15. The van der Waals surface area contributed by atoms with Crippen LogP contribution in [-0.4, -0.2) is 18.1 Å². The van der Waals surface area contributed by atoms with Crippen LogP contribution in [0.1, 0.15) is 45.7 Å². The van der Waals surface area contributed by atoms with Gasteiger partial charge >= 0.3 is 5.97 Å². The third-order valence-electron chi connectivity index (χ3n) is 6.27. The third kappa shape index (κ3) is 4.54. The van der Waals surface area contributed by atoms with E-state index in [-0.39, 0.29) is 22.7 Å². The molecule has 0 saturated heterocycles. The number of hydrogen-bond acceptors (Lipinski definition) is 7. The van der Waals surface area contributed by atoms with E-state index in [1.54, 1.807) is 24.3 Å². The number of methoxy groups -OCH3 is 1. The lowest BCUT2D eigenvalue weighted by Gasteiger charge is -2.21. The van der Waals surface area contributed by atoms with E-state index in [1.165, 1.54) is 13.2 Å². The highest BCUT2D eigenvalue weighted by atomic mass is 35.5. The number of benzene rings is 2. The lowest BCUT2D eigenvalue weighted by atomic mass is 10.0. The molecule has 0 fully saturated rings. The number of ether oxygens (including phenoxy) is 1. The first-order chi connectivity index (χ1) is 17.2. The number of fused-ring (bicyclic) bond motifs is 2. The Kier molecular flexibility index (Phi) is 6.40. The Bertz CT molecular complexity index is 1570. The first kappa shape index (κ1) is 24.2. The van der Waals surface area contributed by atoms with Crippen LogP contribution in [0.5, 0.6) is 0 Å². The normalized spacial score (nSPS) is 13.5. The quantitative estimate of drug-likeness (QED) is 0.169. The van der Waals surface area contributed by atoms with Gasteiger partial charge in [-0.05, 0) is 60.9 Å². The fourth-order valence-corrected chi connectivity index (χ4v) is 4.93. The molecule has 9 heteroatoms. The maximum absolute atomic E-state index is 13.7. The minimum atomic E-state index is -0.592. The van der Waals surface area contributed by atoms with Gasteiger partial charge in [-0.2, -0.15) is 0 Å². The molecule has 1 N–H and O–H groups in total. The number of aryl methyl sites for hydroxylation is 1. The van der Waals surface area contributed by atoms with E-state index in [9.17, 15) is 9.18 Å². The van der Waals surface area contributed by atoms with Crippen LogP contribution in [0.3, 0.4) is 0 Å². The Labute approximate surface area is 217 Å². The number of nitrogens with one attached hydrogen (secondary N) is 1. The van der Waals surface area contributed by atoms with Gasteiger partial charge in [-0.1, -0.05) is 36.0 Å². The van der Waals surface area contributed by atoms with Gasteiger partial charge in [0.05, 0.1) is 23.3 Å². The van der Waals surface area contributed by atoms with Gasteiger partial charge in [0.25, 0.3) is 0 Å². The van der Waals surface area contributed by atoms with Gasteiger partial charge in [0.2, 0.25) is 0 Å². The van der Waals surface area contributed by atoms with Gasteiger partial charge in [0, 0.05) is 30.1 Å². The number of anilines is 2. The van der Waals surface area contributed by atoms with E-state index < -0.39 is 5.97 Å². The van der Waals surface area contributed by atoms with E-state index in [0.717, 1.165) is 27.6 Å². The molecule has 0 bridgehead atoms. The zero-order valence-electron chi connectivity index (χ0n) is 19.9. The number of nitrogens with zero attached hydrogens (tertiary/aromatic N) is 2. The first-order valence-corrected chi connectivity index (χ1v) is 12.1. The van der Waals surface area contributed by atoms with Gasteiger partial charge in [-0.3, -0.25) is 0 Å². The minimum absolute atomic E-state index is 0.0949. The second-order valence-corrected chi connectivity index (χ2v) is 9.66. The van der Waals surface area contributed by atoms with E-state index in [4.69, 9.17) is 33.0 Å². The Morgan fingerprint density at radius 3 is 2.75 bits per heavy atom. The molecule has 36 heavy (non-hydrogen) atoms. The molecule has 0 saturated carbocycles. The summed E-state index contributed by atoms with van der Waals surface area (Å²) in [6.45, 7) is 5.09. The largest absolute Gasteiger partial charge is 0.464 e. The molecular weight excluding hydrogens is 501 g/mol. The highest BCUT2D eigenvalue weighted by Crippen LogP contribution is 2.36. The van der Waals surface area contributed by atoms with E-state index in [0.29, 0.717) is 34.8 Å². The molecule has 0 radical (unpaired) electrons. The van der Waals surface area contributed by atoms with Crippen LogP contribution in [0.2, 0.25) is 5.15 Å². The molecule has 4 aromatic rings. The van der Waals surface area contributed by atoms with Crippen molar-refractivity contribution in [2.75, 3.05) is 17.3 Å². The summed E-state index contributed by atoms with van der Waals surface area (Å²) in [5.41, 5.74) is 5.10. The average molecular weight is 524 g/mol. The maximum Gasteiger partial charge on any atom is 0.358 e. The number of halogens is 2. The van der Waals surface area contributed by atoms with Crippen molar-refractivity contribution in [3.63, 3.8) is 0 Å². The van der Waals surface area contributed by atoms with E-state index >= 15 is 0 Å². The van der Waals surface area contributed by atoms with Crippen molar-refractivity contribution in [3.05, 3.63) is 92.0 Å². The predicted octanol–water partition coefficient (Wildman–Crippen LogP) is 7.14. The Balaban J connectivity index is 1.55. The molecule has 0 spiro atoms. The highest BCUT2D eigenvalue weighted by molar-refractivity contribution is 7.71. The number of carbonyl (C=O) groups excluding carboxylic acids is 1. The summed E-state index contributed by atoms with van der Waals surface area (Å²) in [6, 6.07) is 13.7. The van der Waals surface area contributed by atoms with Gasteiger partial charge in [0.1, 0.15) is 16.6 Å². The SMILES string of the molecule is COC(=O)c1nc(Cl)ccc1N[C@H](C)c1cc(C)cc2c(=S)cc(N3Cc4ccc(F)cc4C3)oc12. The second-order valence-electron chi connectivity index (χ2n) is 8.84. The lowest BCUT2D eigenvalue weighted by molar-refractivity contribution is 0.0595. The maximum atomic E-state index is 13.7. The fourth-order valence-electron chi connectivity index (χ4n) is 4.53. The molecule has 1 aliphatic heterocycles. The predicted molar refractivity (Wildman–Crippen MR) is 141 cm³/mol. The van der Waals surface area contributed by atoms with Crippen molar-refractivity contribution in [2.45, 2.75) is 33.0 Å². The number of carbonyl (C=O) groups is 1. The van der Waals surface area contributed by atoms with Crippen molar-refractivity contribution >= 4 is 52.3 Å². The van der Waals surface area contributed by atoms with Crippen LogP contribution in [0.15, 0.2) is 52.9 Å². The Morgan fingerprint density at radius 2 is 1.97 bits per heavy atom. The van der Waals surface area contributed by atoms with Crippen LogP contribution in [0.25, 0.3) is 11.0 Å². The zero-order valence-corrected chi connectivity index (χ0v) is 21.5. The zero-order chi connectivity index (χ0) is 25.6. The first-order valence-electron chi connectivity index (χ1n) is 11.4. The van der Waals surface area contributed by atoms with Crippen LogP contribution < -0.4 is 10.2 Å². The van der Waals surface area contributed by atoms with Crippen molar-refractivity contribution in [2.24, 2.45) is 0 Å². The molecule has 1 aliphatic rings. The molecule has 0 amide bonds. The molecule has 0 aliphatic carbocycles. The summed E-state index contributed by atoms with van der Waals surface area (Å²) in [5.74, 6) is -0.230. The Morgan fingerprint density at radius 1 is 1.19 bits per heavy atom. The summed E-state index contributed by atoms with van der Waals surface area (Å²) in [7, 11) is 1.29. The van der Waals surface area contributed by atoms with Crippen LogP contribution >= 0.6 is 23.8 Å². The second kappa shape index (κ2) is 9.52. The molecule has 5 rings (SSSR count). The summed E-state index contributed by atoms with van der Waals surface area (Å²) in [6.07, 6.45) is 0. The monoisotopic (exact) mass is 523 g/mol. The van der Waals surface area contributed by atoms with Gasteiger partial charge in [-0.15, -0.1) is 0 Å². The molecular formula is C27H23ClFN3O3S. The number of hydrogen-bond donors (Lipinski definition) is 1. The van der Waals surface area contributed by atoms with Gasteiger partial charge < -0.3 is 19.4 Å². The summed E-state index contributed by atoms with van der Waals surface area (Å²) >= 11 is 11.8. The number of esters is 1. The molecule has 2 aromatic heterocycles. The molecule has 3 heterocycles. The van der Waals surface area contributed by atoms with Crippen molar-refractivity contribution in [1.82, 2.24) is 4.98 Å². The topological polar surface area (TPSA) is 67.6 Å². The summed E-state index contributed by atoms with van der Waals surface area (Å²) in [5, 5.41) is 4.36. The van der Waals surface area contributed by atoms with Gasteiger partial charge in [-0.25, -0.2) is 14.2 Å². The standard InChI is InChI=1S/C27H23ClFN3O3S/c1-14-8-19(15(2)30-21-6-7-23(28)31-25(21)27(33)34-3)26-20(9-14)22(36)11-24(35-26)32-12-16-4-5-18(29)10-17(16)13-32/h4-11,15,30H,12-13H2,1-3H3/t15-/m1/s1. The minimum Gasteiger partial charge on any atom is -0.464 e. The average Bonchev–Trinajstić information content (AvgIpc) is 3.27. The highest BCUT2D eigenvalue weighted by Gasteiger charge is 2.24. The summed E-state index contributed by atoms with van der Waals surface area (Å²) < 4.78 is 25.7. The van der Waals surface area contributed by atoms with Crippen molar-refractivity contribution in [3.8, 4) is 0 Å². The summed E-state index contributed by atoms with van der Waals surface area (Å²) in [4.78, 5) is 18.5.